The third-order valence-electron chi connectivity index (χ3n) is 2.49. The third-order valence-corrected chi connectivity index (χ3v) is 2.49. The van der Waals surface area contributed by atoms with Crippen molar-refractivity contribution in [2.24, 2.45) is 7.05 Å². The van der Waals surface area contributed by atoms with Crippen molar-refractivity contribution in [3.05, 3.63) is 36.7 Å². The summed E-state index contributed by atoms with van der Waals surface area (Å²) in [6.45, 7) is 0. The van der Waals surface area contributed by atoms with Crippen LogP contribution in [0.3, 0.4) is 0 Å². The summed E-state index contributed by atoms with van der Waals surface area (Å²) in [6, 6.07) is 7.95. The van der Waals surface area contributed by atoms with Gasteiger partial charge in [-0.25, -0.2) is 0 Å². The van der Waals surface area contributed by atoms with E-state index in [1.54, 1.807) is 12.4 Å². The highest BCUT2D eigenvalue weighted by atomic mass is 15.3. The Morgan fingerprint density at radius 3 is 2.93 bits per heavy atom. The number of pyridine rings is 1. The Balaban J connectivity index is 2.24. The summed E-state index contributed by atoms with van der Waals surface area (Å²) < 4.78 is 1.84. The zero-order chi connectivity index (χ0) is 10.3. The summed E-state index contributed by atoms with van der Waals surface area (Å²) >= 11 is 0. The summed E-state index contributed by atoms with van der Waals surface area (Å²) in [4.78, 5) is 7.60. The Morgan fingerprint density at radius 2 is 2.20 bits per heavy atom. The molecule has 0 fully saturated rings. The molecule has 4 nitrogen and oxygen atoms in total. The van der Waals surface area contributed by atoms with Crippen molar-refractivity contribution < 1.29 is 0 Å². The van der Waals surface area contributed by atoms with Gasteiger partial charge in [0.05, 0.1) is 22.4 Å². The molecule has 0 atom stereocenters. The van der Waals surface area contributed by atoms with E-state index in [4.69, 9.17) is 0 Å². The molecule has 3 rings (SSSR count). The number of rotatable bonds is 1. The summed E-state index contributed by atoms with van der Waals surface area (Å²) in [5.41, 5.74) is 4.14. The molecular formula is C11H10N4. The second-order valence-corrected chi connectivity index (χ2v) is 3.46. The van der Waals surface area contributed by atoms with Gasteiger partial charge in [-0.15, -0.1) is 0 Å². The number of hydrogen-bond donors (Lipinski definition) is 1. The van der Waals surface area contributed by atoms with Crippen LogP contribution >= 0.6 is 0 Å². The zero-order valence-corrected chi connectivity index (χ0v) is 8.31. The van der Waals surface area contributed by atoms with Crippen LogP contribution in [0.5, 0.6) is 0 Å². The molecule has 0 saturated carbocycles. The quantitative estimate of drug-likeness (QED) is 0.649. The summed E-state index contributed by atoms with van der Waals surface area (Å²) in [5.74, 6) is 0. The van der Waals surface area contributed by atoms with Crippen molar-refractivity contribution in [2.75, 3.05) is 0 Å². The van der Waals surface area contributed by atoms with E-state index in [1.807, 2.05) is 36.0 Å². The standard InChI is InChI=1S/C11H10N4/c1-15-11(4-6-13-15)10-7-9-8(14-10)3-2-5-12-9/h2-7,14H,1H3. The molecule has 0 aromatic carbocycles. The fraction of sp³-hybridized carbons (Fsp3) is 0.0909. The van der Waals surface area contributed by atoms with Crippen LogP contribution in [0.25, 0.3) is 22.4 Å². The summed E-state index contributed by atoms with van der Waals surface area (Å²) in [7, 11) is 1.92. The predicted octanol–water partition coefficient (Wildman–Crippen LogP) is 1.96. The van der Waals surface area contributed by atoms with Crippen molar-refractivity contribution in [1.29, 1.82) is 0 Å². The van der Waals surface area contributed by atoms with Crippen LogP contribution < -0.4 is 0 Å². The molecule has 0 radical (unpaired) electrons. The Labute approximate surface area is 86.6 Å². The number of nitrogens with zero attached hydrogens (tertiary/aromatic N) is 3. The fourth-order valence-electron chi connectivity index (χ4n) is 1.73. The summed E-state index contributed by atoms with van der Waals surface area (Å²) in [5, 5.41) is 4.14. The van der Waals surface area contributed by atoms with Crippen LogP contribution in [-0.2, 0) is 7.05 Å². The van der Waals surface area contributed by atoms with Crippen LogP contribution in [0.4, 0.5) is 0 Å². The minimum absolute atomic E-state index is 0.980. The molecule has 15 heavy (non-hydrogen) atoms. The van der Waals surface area contributed by atoms with E-state index in [0.717, 1.165) is 22.4 Å². The van der Waals surface area contributed by atoms with Crippen molar-refractivity contribution in [3.8, 4) is 11.4 Å². The van der Waals surface area contributed by atoms with Crippen molar-refractivity contribution in [1.82, 2.24) is 19.7 Å². The van der Waals surface area contributed by atoms with Crippen LogP contribution in [0, 0.1) is 0 Å². The maximum Gasteiger partial charge on any atom is 0.0885 e. The smallest absolute Gasteiger partial charge is 0.0885 e. The lowest BCUT2D eigenvalue weighted by Gasteiger charge is -1.96. The minimum atomic E-state index is 0.980. The second kappa shape index (κ2) is 2.95. The normalized spacial score (nSPS) is 11.0. The largest absolute Gasteiger partial charge is 0.352 e. The van der Waals surface area contributed by atoms with Crippen molar-refractivity contribution >= 4 is 11.0 Å². The number of hydrogen-bond acceptors (Lipinski definition) is 2. The van der Waals surface area contributed by atoms with Crippen LogP contribution in [-0.4, -0.2) is 19.7 Å². The van der Waals surface area contributed by atoms with Gasteiger partial charge in [0, 0.05) is 19.4 Å². The van der Waals surface area contributed by atoms with Gasteiger partial charge in [-0.2, -0.15) is 5.10 Å². The Kier molecular flexibility index (Phi) is 1.62. The van der Waals surface area contributed by atoms with Crippen LogP contribution in [0.2, 0.25) is 0 Å². The molecule has 0 bridgehead atoms. The van der Waals surface area contributed by atoms with E-state index in [1.165, 1.54) is 0 Å². The van der Waals surface area contributed by atoms with E-state index >= 15 is 0 Å². The Morgan fingerprint density at radius 1 is 1.27 bits per heavy atom. The molecule has 0 spiro atoms. The Hall–Kier alpha value is -2.10. The molecule has 3 aromatic rings. The van der Waals surface area contributed by atoms with E-state index in [2.05, 4.69) is 15.1 Å². The van der Waals surface area contributed by atoms with Crippen molar-refractivity contribution in [2.45, 2.75) is 0 Å². The predicted molar refractivity (Wildman–Crippen MR) is 58.3 cm³/mol. The van der Waals surface area contributed by atoms with Gasteiger partial charge >= 0.3 is 0 Å². The van der Waals surface area contributed by atoms with Crippen LogP contribution in [0.1, 0.15) is 0 Å². The lowest BCUT2D eigenvalue weighted by Crippen LogP contribution is -1.92. The molecule has 0 aliphatic rings. The monoisotopic (exact) mass is 198 g/mol. The first-order valence-electron chi connectivity index (χ1n) is 4.77. The molecule has 0 aliphatic heterocycles. The highest BCUT2D eigenvalue weighted by Gasteiger charge is 2.06. The SMILES string of the molecule is Cn1nccc1-c1cc2ncccc2[nH]1. The van der Waals surface area contributed by atoms with Gasteiger partial charge in [-0.1, -0.05) is 0 Å². The van der Waals surface area contributed by atoms with Crippen LogP contribution in [0.15, 0.2) is 36.7 Å². The van der Waals surface area contributed by atoms with Crippen molar-refractivity contribution in [3.63, 3.8) is 0 Å². The van der Waals surface area contributed by atoms with Gasteiger partial charge in [-0.3, -0.25) is 9.67 Å². The number of fused-ring (bicyclic) bond motifs is 1. The molecule has 3 aromatic heterocycles. The molecule has 1 N–H and O–H groups in total. The number of aryl methyl sites for hydroxylation is 1. The molecule has 0 unspecified atom stereocenters. The zero-order valence-electron chi connectivity index (χ0n) is 8.31. The fourth-order valence-corrected chi connectivity index (χ4v) is 1.73. The lowest BCUT2D eigenvalue weighted by atomic mass is 10.3. The topological polar surface area (TPSA) is 46.5 Å². The first-order chi connectivity index (χ1) is 7.34. The molecule has 0 aliphatic carbocycles. The average Bonchev–Trinajstić information content (AvgIpc) is 2.82. The Bertz CT molecular complexity index is 573. The third kappa shape index (κ3) is 1.22. The maximum absolute atomic E-state index is 4.28. The highest BCUT2D eigenvalue weighted by Crippen LogP contribution is 2.21. The van der Waals surface area contributed by atoms with Gasteiger partial charge in [-0.05, 0) is 24.3 Å². The van der Waals surface area contributed by atoms with E-state index in [0.29, 0.717) is 0 Å². The molecule has 4 heteroatoms. The van der Waals surface area contributed by atoms with Gasteiger partial charge in [0.1, 0.15) is 0 Å². The van der Waals surface area contributed by atoms with E-state index in [-0.39, 0.29) is 0 Å². The molecular weight excluding hydrogens is 188 g/mol. The number of H-pyrrole nitrogens is 1. The number of aromatic nitrogens is 4. The average molecular weight is 198 g/mol. The molecule has 74 valence electrons. The second-order valence-electron chi connectivity index (χ2n) is 3.46. The minimum Gasteiger partial charge on any atom is -0.352 e. The van der Waals surface area contributed by atoms with Gasteiger partial charge in [0.2, 0.25) is 0 Å². The first kappa shape index (κ1) is 8.23. The van der Waals surface area contributed by atoms with Gasteiger partial charge in [0.15, 0.2) is 0 Å². The molecule has 0 amide bonds. The summed E-state index contributed by atoms with van der Waals surface area (Å²) in [6.07, 6.45) is 3.58. The molecule has 0 saturated heterocycles. The first-order valence-corrected chi connectivity index (χ1v) is 4.77. The van der Waals surface area contributed by atoms with Gasteiger partial charge in [0.25, 0.3) is 0 Å². The van der Waals surface area contributed by atoms with Gasteiger partial charge < -0.3 is 4.98 Å². The maximum atomic E-state index is 4.28. The highest BCUT2D eigenvalue weighted by molar-refractivity contribution is 5.81. The van der Waals surface area contributed by atoms with E-state index < -0.39 is 0 Å². The number of aromatic amines is 1. The number of nitrogens with one attached hydrogen (secondary N) is 1. The molecule has 3 heterocycles. The van der Waals surface area contributed by atoms with E-state index in [9.17, 15) is 0 Å². The lowest BCUT2D eigenvalue weighted by molar-refractivity contribution is 0.774.